The summed E-state index contributed by atoms with van der Waals surface area (Å²) in [4.78, 5) is 0. The lowest BCUT2D eigenvalue weighted by Crippen LogP contribution is -2.37. The summed E-state index contributed by atoms with van der Waals surface area (Å²) in [5, 5.41) is 0. The third kappa shape index (κ3) is 7.26. The van der Waals surface area contributed by atoms with Crippen LogP contribution in [0.4, 0.5) is 0 Å². The molecule has 0 unspecified atom stereocenters. The second-order valence-corrected chi connectivity index (χ2v) is 8.04. The minimum absolute atomic E-state index is 0.266. The summed E-state index contributed by atoms with van der Waals surface area (Å²) in [5.41, 5.74) is 0. The van der Waals surface area contributed by atoms with Crippen LogP contribution in [0.2, 0.25) is 0 Å². The van der Waals surface area contributed by atoms with E-state index in [0.29, 0.717) is 55.5 Å². The lowest BCUT2D eigenvalue weighted by molar-refractivity contribution is 0.227. The Kier molecular flexibility index (Phi) is 14.2. The molecule has 0 fully saturated rings. The van der Waals surface area contributed by atoms with Crippen LogP contribution in [0.25, 0.3) is 0 Å². The maximum atomic E-state index is 13.3. The first-order valence-electron chi connectivity index (χ1n) is 6.20. The predicted octanol–water partition coefficient (Wildman–Crippen LogP) is 3.60. The predicted molar refractivity (Wildman–Crippen MR) is 93.4 cm³/mol. The first-order chi connectivity index (χ1) is 9.60. The van der Waals surface area contributed by atoms with Crippen LogP contribution in [0.5, 0.6) is 0 Å². The summed E-state index contributed by atoms with van der Waals surface area (Å²) < 4.78 is 22.3. The maximum Gasteiger partial charge on any atom is 0.346 e. The Labute approximate surface area is 147 Å². The highest BCUT2D eigenvalue weighted by Gasteiger charge is 2.37. The minimum atomic E-state index is -3.24. The fraction of sp³-hybridized carbons (Fsp3) is 1.00. The van der Waals surface area contributed by atoms with Gasteiger partial charge in [0, 0.05) is 55.5 Å². The van der Waals surface area contributed by atoms with Crippen molar-refractivity contribution in [3.63, 3.8) is 0 Å². The fourth-order valence-corrected chi connectivity index (χ4v) is 5.57. The van der Waals surface area contributed by atoms with Gasteiger partial charge in [0.25, 0.3) is 0 Å². The fourth-order valence-electron chi connectivity index (χ4n) is 1.62. The van der Waals surface area contributed by atoms with Gasteiger partial charge in [0.15, 0.2) is 0 Å². The smallest absolute Gasteiger partial charge is 0.305 e. The molecule has 0 radical (unpaired) electrons. The molecule has 0 aliphatic heterocycles. The maximum absolute atomic E-state index is 13.3. The molecule has 20 heavy (non-hydrogen) atoms. The molecule has 0 spiro atoms. The highest BCUT2D eigenvalue weighted by molar-refractivity contribution is 7.80. The normalized spacial score (nSPS) is 12.6. The Morgan fingerprint density at radius 1 is 0.850 bits per heavy atom. The van der Waals surface area contributed by atoms with Crippen LogP contribution in [0.3, 0.4) is 0 Å². The number of thiol groups is 1. The van der Waals surface area contributed by atoms with Gasteiger partial charge in [0.2, 0.25) is 0 Å². The summed E-state index contributed by atoms with van der Waals surface area (Å²) >= 11 is 27.2. The highest BCUT2D eigenvalue weighted by Crippen LogP contribution is 2.54. The zero-order chi connectivity index (χ0) is 15.4. The SMILES string of the molecule is O=P(OCCS)(N(CCCl)CCCl)N(CCCl)CCCl. The summed E-state index contributed by atoms with van der Waals surface area (Å²) in [5.74, 6) is 1.80. The van der Waals surface area contributed by atoms with Crippen molar-refractivity contribution in [1.29, 1.82) is 0 Å². The minimum Gasteiger partial charge on any atom is -0.305 e. The summed E-state index contributed by atoms with van der Waals surface area (Å²) in [6, 6.07) is 0. The van der Waals surface area contributed by atoms with E-state index in [0.717, 1.165) is 0 Å². The summed E-state index contributed by atoms with van der Waals surface area (Å²) in [6.07, 6.45) is 0. The first kappa shape index (κ1) is 21.6. The molecule has 0 N–H and O–H groups in total. The van der Waals surface area contributed by atoms with E-state index >= 15 is 0 Å². The molecule has 0 aromatic rings. The van der Waals surface area contributed by atoms with E-state index in [-0.39, 0.29) is 6.61 Å². The quantitative estimate of drug-likeness (QED) is 0.288. The van der Waals surface area contributed by atoms with E-state index in [2.05, 4.69) is 12.6 Å². The molecule has 0 aliphatic rings. The van der Waals surface area contributed by atoms with Gasteiger partial charge >= 0.3 is 7.67 Å². The van der Waals surface area contributed by atoms with Crippen LogP contribution in [0.15, 0.2) is 0 Å². The van der Waals surface area contributed by atoms with Gasteiger partial charge in [-0.05, 0) is 0 Å². The third-order valence-corrected chi connectivity index (χ3v) is 6.04. The Morgan fingerprint density at radius 3 is 1.45 bits per heavy atom. The van der Waals surface area contributed by atoms with Crippen LogP contribution in [-0.2, 0) is 9.09 Å². The number of halogens is 4. The monoisotopic (exact) mass is 404 g/mol. The zero-order valence-electron chi connectivity index (χ0n) is 11.2. The topological polar surface area (TPSA) is 32.8 Å². The Bertz CT molecular complexity index is 260. The molecule has 0 rings (SSSR count). The largest absolute Gasteiger partial charge is 0.346 e. The number of hydrogen-bond donors (Lipinski definition) is 1. The van der Waals surface area contributed by atoms with Gasteiger partial charge in [-0.15, -0.1) is 46.4 Å². The summed E-state index contributed by atoms with van der Waals surface area (Å²) in [7, 11) is -3.24. The Morgan fingerprint density at radius 2 is 1.20 bits per heavy atom. The number of hydrogen-bond acceptors (Lipinski definition) is 3. The van der Waals surface area contributed by atoms with E-state index in [1.807, 2.05) is 0 Å². The molecule has 0 saturated carbocycles. The molecule has 0 aromatic heterocycles. The van der Waals surface area contributed by atoms with Gasteiger partial charge in [0.05, 0.1) is 6.61 Å². The molecule has 0 aromatic carbocycles. The van der Waals surface area contributed by atoms with Crippen molar-refractivity contribution in [3.05, 3.63) is 0 Å². The van der Waals surface area contributed by atoms with Crippen molar-refractivity contribution in [2.75, 3.05) is 62.1 Å². The van der Waals surface area contributed by atoms with Gasteiger partial charge in [-0.1, -0.05) is 0 Å². The van der Waals surface area contributed by atoms with E-state index in [1.165, 1.54) is 0 Å². The molecule has 0 amide bonds. The highest BCUT2D eigenvalue weighted by atomic mass is 35.5. The summed E-state index contributed by atoms with van der Waals surface area (Å²) in [6.45, 7) is 1.93. The molecule has 122 valence electrons. The van der Waals surface area contributed by atoms with Crippen LogP contribution >= 0.6 is 66.7 Å². The molecule has 0 bridgehead atoms. The molecular formula is C10H21Cl4N2O2PS. The van der Waals surface area contributed by atoms with Gasteiger partial charge < -0.3 is 4.52 Å². The average Bonchev–Trinajstić information content (AvgIpc) is 2.44. The van der Waals surface area contributed by atoms with Crippen LogP contribution < -0.4 is 0 Å². The Balaban J connectivity index is 5.22. The van der Waals surface area contributed by atoms with Gasteiger partial charge in [-0.3, -0.25) is 4.57 Å². The van der Waals surface area contributed by atoms with Crippen molar-refractivity contribution >= 4 is 66.7 Å². The molecule has 0 aliphatic carbocycles. The van der Waals surface area contributed by atoms with Crippen molar-refractivity contribution in [2.45, 2.75) is 0 Å². The van der Waals surface area contributed by atoms with Crippen molar-refractivity contribution < 1.29 is 9.09 Å². The number of rotatable bonds is 13. The van der Waals surface area contributed by atoms with Crippen LogP contribution in [-0.4, -0.2) is 71.4 Å². The molecule has 4 nitrogen and oxygen atoms in total. The Hall–Kier alpha value is 1.62. The number of alkyl halides is 4. The lowest BCUT2D eigenvalue weighted by Gasteiger charge is -2.37. The van der Waals surface area contributed by atoms with Crippen molar-refractivity contribution in [2.24, 2.45) is 0 Å². The van der Waals surface area contributed by atoms with E-state index < -0.39 is 7.67 Å². The second kappa shape index (κ2) is 13.1. The van der Waals surface area contributed by atoms with Gasteiger partial charge in [0.1, 0.15) is 0 Å². The second-order valence-electron chi connectivity index (χ2n) is 3.71. The molecule has 0 saturated heterocycles. The molecule has 0 atom stereocenters. The zero-order valence-corrected chi connectivity index (χ0v) is 16.0. The van der Waals surface area contributed by atoms with E-state index in [4.69, 9.17) is 50.9 Å². The van der Waals surface area contributed by atoms with Crippen LogP contribution in [0, 0.1) is 0 Å². The standard InChI is InChI=1S/C10H21Cl4N2O2PS/c11-1-5-15(6-2-12)19(17,18-9-10-20)16(7-3-13)8-4-14/h20H,1-10H2. The third-order valence-electron chi connectivity index (χ3n) is 2.44. The average molecular weight is 406 g/mol. The number of nitrogens with zero attached hydrogens (tertiary/aromatic N) is 2. The van der Waals surface area contributed by atoms with E-state index in [1.54, 1.807) is 9.34 Å². The molecule has 10 heteroatoms. The molecule has 0 heterocycles. The van der Waals surface area contributed by atoms with E-state index in [9.17, 15) is 4.57 Å². The van der Waals surface area contributed by atoms with Crippen molar-refractivity contribution in [3.8, 4) is 0 Å². The molecular weight excluding hydrogens is 385 g/mol. The van der Waals surface area contributed by atoms with Crippen molar-refractivity contribution in [1.82, 2.24) is 9.34 Å². The van der Waals surface area contributed by atoms with Gasteiger partial charge in [-0.25, -0.2) is 9.34 Å². The van der Waals surface area contributed by atoms with Crippen LogP contribution in [0.1, 0.15) is 0 Å². The lowest BCUT2D eigenvalue weighted by atomic mass is 10.6. The first-order valence-corrected chi connectivity index (χ1v) is 10.5. The van der Waals surface area contributed by atoms with Gasteiger partial charge in [-0.2, -0.15) is 12.6 Å².